The van der Waals surface area contributed by atoms with Gasteiger partial charge in [-0.15, -0.1) is 0 Å². The summed E-state index contributed by atoms with van der Waals surface area (Å²) in [5.41, 5.74) is 0.688. The van der Waals surface area contributed by atoms with Crippen LogP contribution in [0.25, 0.3) is 12.2 Å². The summed E-state index contributed by atoms with van der Waals surface area (Å²) in [6, 6.07) is 8.79. The van der Waals surface area contributed by atoms with E-state index in [1.54, 1.807) is 33.5 Å². The van der Waals surface area contributed by atoms with E-state index in [1.165, 1.54) is 7.11 Å². The van der Waals surface area contributed by atoms with Crippen LogP contribution in [0.3, 0.4) is 0 Å². The maximum absolute atomic E-state index is 11.0. The highest BCUT2D eigenvalue weighted by atomic mass is 35.5. The van der Waals surface area contributed by atoms with E-state index in [9.17, 15) is 4.79 Å². The number of hydrogen-bond donors (Lipinski definition) is 0. The van der Waals surface area contributed by atoms with Gasteiger partial charge < -0.3 is 23.7 Å². The minimum atomic E-state index is -0.936. The lowest BCUT2D eigenvalue weighted by Crippen LogP contribution is -1.99. The van der Waals surface area contributed by atoms with E-state index in [4.69, 9.17) is 35.3 Å². The van der Waals surface area contributed by atoms with Gasteiger partial charge in [-0.2, -0.15) is 0 Å². The normalized spacial score (nSPS) is 10.5. The highest BCUT2D eigenvalue weighted by Gasteiger charge is 2.12. The fourth-order valence-corrected chi connectivity index (χ4v) is 2.44. The average Bonchev–Trinajstić information content (AvgIpc) is 2.65. The lowest BCUT2D eigenvalue weighted by atomic mass is 10.1. The predicted octanol–water partition coefficient (Wildman–Crippen LogP) is 4.63. The van der Waals surface area contributed by atoms with Gasteiger partial charge in [0.2, 0.25) is 5.75 Å². The molecular formula is C19H19ClO6. The van der Waals surface area contributed by atoms with Crippen molar-refractivity contribution in [3.63, 3.8) is 0 Å². The van der Waals surface area contributed by atoms with Crippen molar-refractivity contribution in [2.24, 2.45) is 0 Å². The van der Waals surface area contributed by atoms with E-state index in [-0.39, 0.29) is 5.75 Å². The van der Waals surface area contributed by atoms with Crippen molar-refractivity contribution in [2.45, 2.75) is 0 Å². The first-order chi connectivity index (χ1) is 12.5. The first-order valence-corrected chi connectivity index (χ1v) is 7.93. The predicted molar refractivity (Wildman–Crippen MR) is 99.9 cm³/mol. The number of ether oxygens (including phenoxy) is 5. The zero-order chi connectivity index (χ0) is 19.1. The maximum Gasteiger partial charge on any atom is 0.409 e. The molecule has 0 aliphatic rings. The van der Waals surface area contributed by atoms with E-state index < -0.39 is 5.43 Å². The summed E-state index contributed by atoms with van der Waals surface area (Å²) < 4.78 is 26.1. The van der Waals surface area contributed by atoms with Crippen molar-refractivity contribution in [1.82, 2.24) is 0 Å². The van der Waals surface area contributed by atoms with Gasteiger partial charge in [-0.05, 0) is 35.4 Å². The summed E-state index contributed by atoms with van der Waals surface area (Å²) >= 11 is 5.29. The molecular weight excluding hydrogens is 360 g/mol. The van der Waals surface area contributed by atoms with Gasteiger partial charge in [-0.25, -0.2) is 4.79 Å². The van der Waals surface area contributed by atoms with E-state index >= 15 is 0 Å². The zero-order valence-electron chi connectivity index (χ0n) is 14.9. The fraction of sp³-hybridized carbons (Fsp3) is 0.211. The molecule has 0 spiro atoms. The van der Waals surface area contributed by atoms with Crippen LogP contribution in [-0.2, 0) is 0 Å². The molecule has 0 aliphatic carbocycles. The summed E-state index contributed by atoms with van der Waals surface area (Å²) in [5.74, 6) is 2.27. The van der Waals surface area contributed by atoms with Crippen LogP contribution in [0.2, 0.25) is 0 Å². The SMILES string of the molecule is COc1ccc(/C=C\c2cc(OC)c(OC)c(OC)c2)cc1OC(=O)Cl. The van der Waals surface area contributed by atoms with Gasteiger partial charge >= 0.3 is 5.43 Å². The van der Waals surface area contributed by atoms with Crippen LogP contribution in [0.4, 0.5) is 4.79 Å². The third-order valence-corrected chi connectivity index (χ3v) is 3.61. The number of carbonyl (C=O) groups excluding carboxylic acids is 1. The lowest BCUT2D eigenvalue weighted by molar-refractivity contribution is 0.223. The Balaban J connectivity index is 2.36. The van der Waals surface area contributed by atoms with Gasteiger partial charge in [-0.3, -0.25) is 0 Å². The quantitative estimate of drug-likeness (QED) is 0.517. The Bertz CT molecular complexity index is 791. The molecule has 0 radical (unpaired) electrons. The van der Waals surface area contributed by atoms with Crippen LogP contribution in [0.1, 0.15) is 11.1 Å². The number of halogens is 1. The Labute approximate surface area is 156 Å². The fourth-order valence-electron chi connectivity index (χ4n) is 2.35. The van der Waals surface area contributed by atoms with Crippen LogP contribution in [0.15, 0.2) is 30.3 Å². The Morgan fingerprint density at radius 1 is 0.769 bits per heavy atom. The zero-order valence-corrected chi connectivity index (χ0v) is 15.6. The lowest BCUT2D eigenvalue weighted by Gasteiger charge is -2.13. The molecule has 0 unspecified atom stereocenters. The minimum Gasteiger partial charge on any atom is -0.493 e. The van der Waals surface area contributed by atoms with Crippen LogP contribution in [-0.4, -0.2) is 33.9 Å². The smallest absolute Gasteiger partial charge is 0.409 e. The molecule has 0 amide bonds. The Morgan fingerprint density at radius 2 is 1.31 bits per heavy atom. The number of rotatable bonds is 7. The summed E-state index contributed by atoms with van der Waals surface area (Å²) in [5, 5.41) is 0. The van der Waals surface area contributed by atoms with Crippen LogP contribution >= 0.6 is 11.6 Å². The second-order valence-corrected chi connectivity index (χ2v) is 5.35. The third kappa shape index (κ3) is 4.61. The van der Waals surface area contributed by atoms with Gasteiger partial charge in [0.1, 0.15) is 0 Å². The maximum atomic E-state index is 11.0. The van der Waals surface area contributed by atoms with Crippen molar-refractivity contribution >= 4 is 29.2 Å². The molecule has 138 valence electrons. The van der Waals surface area contributed by atoms with Crippen molar-refractivity contribution in [3.05, 3.63) is 41.5 Å². The number of hydrogen-bond acceptors (Lipinski definition) is 6. The van der Waals surface area contributed by atoms with E-state index in [0.29, 0.717) is 23.0 Å². The number of methoxy groups -OCH3 is 4. The summed E-state index contributed by atoms with van der Waals surface area (Å²) in [6.45, 7) is 0. The summed E-state index contributed by atoms with van der Waals surface area (Å²) in [6.07, 6.45) is 3.70. The second-order valence-electron chi connectivity index (χ2n) is 5.04. The molecule has 2 rings (SSSR count). The average molecular weight is 379 g/mol. The van der Waals surface area contributed by atoms with Crippen LogP contribution < -0.4 is 23.7 Å². The molecule has 2 aromatic rings. The third-order valence-electron chi connectivity index (χ3n) is 3.53. The van der Waals surface area contributed by atoms with Crippen molar-refractivity contribution in [1.29, 1.82) is 0 Å². The van der Waals surface area contributed by atoms with Gasteiger partial charge in [0.25, 0.3) is 0 Å². The van der Waals surface area contributed by atoms with Crippen molar-refractivity contribution in [2.75, 3.05) is 28.4 Å². The number of carbonyl (C=O) groups is 1. The second kappa shape index (κ2) is 9.01. The van der Waals surface area contributed by atoms with Crippen molar-refractivity contribution < 1.29 is 28.5 Å². The summed E-state index contributed by atoms with van der Waals surface area (Å²) in [4.78, 5) is 11.0. The van der Waals surface area contributed by atoms with Gasteiger partial charge in [-0.1, -0.05) is 18.2 Å². The molecule has 26 heavy (non-hydrogen) atoms. The molecule has 0 atom stereocenters. The topological polar surface area (TPSA) is 63.2 Å². The first kappa shape index (κ1) is 19.5. The molecule has 0 aliphatic heterocycles. The van der Waals surface area contributed by atoms with E-state index in [2.05, 4.69) is 0 Å². The Kier molecular flexibility index (Phi) is 6.74. The Hall–Kier alpha value is -2.86. The van der Waals surface area contributed by atoms with Crippen LogP contribution in [0.5, 0.6) is 28.7 Å². The van der Waals surface area contributed by atoms with Crippen molar-refractivity contribution in [3.8, 4) is 28.7 Å². The van der Waals surface area contributed by atoms with Crippen LogP contribution in [0, 0.1) is 0 Å². The number of benzene rings is 2. The summed E-state index contributed by atoms with van der Waals surface area (Å²) in [7, 11) is 6.14. The monoisotopic (exact) mass is 378 g/mol. The van der Waals surface area contributed by atoms with Gasteiger partial charge in [0.05, 0.1) is 28.4 Å². The molecule has 0 N–H and O–H groups in total. The molecule has 7 heteroatoms. The highest BCUT2D eigenvalue weighted by Crippen LogP contribution is 2.38. The van der Waals surface area contributed by atoms with E-state index in [1.807, 2.05) is 30.4 Å². The van der Waals surface area contributed by atoms with Gasteiger partial charge in [0.15, 0.2) is 23.0 Å². The molecule has 0 bridgehead atoms. The molecule has 0 heterocycles. The molecule has 6 nitrogen and oxygen atoms in total. The highest BCUT2D eigenvalue weighted by molar-refractivity contribution is 6.61. The van der Waals surface area contributed by atoms with Gasteiger partial charge in [0, 0.05) is 11.6 Å². The molecule has 0 aromatic heterocycles. The molecule has 2 aromatic carbocycles. The minimum absolute atomic E-state index is 0.236. The first-order valence-electron chi connectivity index (χ1n) is 7.55. The standard InChI is InChI=1S/C19H19ClO6/c1-22-14-8-7-12(9-15(14)26-19(20)21)5-6-13-10-16(23-2)18(25-4)17(11-13)24-3/h5-11H,1-4H3/b6-5-. The largest absolute Gasteiger partial charge is 0.493 e. The molecule has 0 saturated carbocycles. The molecule has 0 saturated heterocycles. The van der Waals surface area contributed by atoms with E-state index in [0.717, 1.165) is 11.1 Å². The molecule has 0 fully saturated rings. The Morgan fingerprint density at radius 3 is 1.81 bits per heavy atom.